The molecule has 102 valence electrons. The van der Waals surface area contributed by atoms with Gasteiger partial charge in [0, 0.05) is 20.9 Å². The van der Waals surface area contributed by atoms with Gasteiger partial charge in [0.25, 0.3) is 0 Å². The highest BCUT2D eigenvalue weighted by Gasteiger charge is 2.20. The van der Waals surface area contributed by atoms with Crippen LogP contribution in [0.5, 0.6) is 5.75 Å². The normalized spacial score (nSPS) is 12.4. The zero-order valence-electron chi connectivity index (χ0n) is 11.0. The summed E-state index contributed by atoms with van der Waals surface area (Å²) < 4.78 is 6.53. The second-order valence-electron chi connectivity index (χ2n) is 4.15. The van der Waals surface area contributed by atoms with E-state index in [1.54, 1.807) is 24.6 Å². The summed E-state index contributed by atoms with van der Waals surface area (Å²) in [6.07, 6.45) is 2.89. The lowest BCUT2D eigenvalue weighted by molar-refractivity contribution is 0.400. The molecule has 1 N–H and O–H groups in total. The van der Waals surface area contributed by atoms with Crippen LogP contribution in [0.3, 0.4) is 0 Å². The molecule has 0 aliphatic heterocycles. The Hall–Kier alpha value is -0.910. The second kappa shape index (κ2) is 7.03. The van der Waals surface area contributed by atoms with E-state index in [1.165, 1.54) is 4.88 Å². The van der Waals surface area contributed by atoms with Crippen molar-refractivity contribution >= 4 is 27.3 Å². The first-order chi connectivity index (χ1) is 9.26. The summed E-state index contributed by atoms with van der Waals surface area (Å²) in [5.41, 5.74) is 0.938. The molecule has 3 nitrogen and oxygen atoms in total. The van der Waals surface area contributed by atoms with Gasteiger partial charge >= 0.3 is 0 Å². The van der Waals surface area contributed by atoms with E-state index in [1.807, 2.05) is 12.1 Å². The fourth-order valence-corrected chi connectivity index (χ4v) is 3.41. The summed E-state index contributed by atoms with van der Waals surface area (Å²) >= 11 is 5.22. The van der Waals surface area contributed by atoms with E-state index in [0.29, 0.717) is 0 Å². The van der Waals surface area contributed by atoms with Gasteiger partial charge in [-0.05, 0) is 47.1 Å². The van der Waals surface area contributed by atoms with Crippen LogP contribution >= 0.6 is 27.3 Å². The minimum atomic E-state index is 0.0763. The highest BCUT2D eigenvalue weighted by molar-refractivity contribution is 9.10. The number of pyridine rings is 1. The Morgan fingerprint density at radius 2 is 2.37 bits per heavy atom. The van der Waals surface area contributed by atoms with Crippen LogP contribution in [0.15, 0.2) is 34.2 Å². The highest BCUT2D eigenvalue weighted by Crippen LogP contribution is 2.33. The molecule has 0 aliphatic rings. The van der Waals surface area contributed by atoms with E-state index in [0.717, 1.165) is 28.9 Å². The third-order valence-electron chi connectivity index (χ3n) is 2.76. The number of hydrogen-bond acceptors (Lipinski definition) is 4. The number of aromatic nitrogens is 1. The largest absolute Gasteiger partial charge is 0.495 e. The van der Waals surface area contributed by atoms with Crippen LogP contribution < -0.4 is 10.1 Å². The number of hydrogen-bond donors (Lipinski definition) is 1. The zero-order valence-corrected chi connectivity index (χ0v) is 13.4. The topological polar surface area (TPSA) is 34.2 Å². The van der Waals surface area contributed by atoms with E-state index in [-0.39, 0.29) is 6.04 Å². The quantitative estimate of drug-likeness (QED) is 0.862. The fourth-order valence-electron chi connectivity index (χ4n) is 1.89. The Bertz CT molecular complexity index is 530. The van der Waals surface area contributed by atoms with Crippen LogP contribution in [-0.4, -0.2) is 18.6 Å². The van der Waals surface area contributed by atoms with E-state index in [2.05, 4.69) is 44.6 Å². The number of rotatable bonds is 6. The van der Waals surface area contributed by atoms with Crippen LogP contribution in [0, 0.1) is 0 Å². The first-order valence-corrected chi connectivity index (χ1v) is 7.89. The van der Waals surface area contributed by atoms with Crippen molar-refractivity contribution in [3.05, 3.63) is 44.8 Å². The average Bonchev–Trinajstić information content (AvgIpc) is 2.86. The van der Waals surface area contributed by atoms with Gasteiger partial charge < -0.3 is 10.1 Å². The van der Waals surface area contributed by atoms with Gasteiger partial charge in [-0.15, -0.1) is 11.3 Å². The maximum Gasteiger partial charge on any atom is 0.142 e. The van der Waals surface area contributed by atoms with Crippen LogP contribution in [0.4, 0.5) is 0 Å². The molecule has 1 atom stereocenters. The lowest BCUT2D eigenvalue weighted by Gasteiger charge is -2.18. The summed E-state index contributed by atoms with van der Waals surface area (Å²) in [6.45, 7) is 3.10. The van der Waals surface area contributed by atoms with Crippen molar-refractivity contribution in [3.8, 4) is 5.75 Å². The predicted octanol–water partition coefficient (Wildman–Crippen LogP) is 4.00. The molecule has 0 spiro atoms. The lowest BCUT2D eigenvalue weighted by atomic mass is 10.1. The summed E-state index contributed by atoms with van der Waals surface area (Å²) in [4.78, 5) is 5.73. The number of ether oxygens (including phenoxy) is 1. The third-order valence-corrected chi connectivity index (χ3v) is 4.52. The van der Waals surface area contributed by atoms with Crippen LogP contribution in [0.1, 0.15) is 30.0 Å². The molecule has 19 heavy (non-hydrogen) atoms. The van der Waals surface area contributed by atoms with Crippen molar-refractivity contribution in [2.24, 2.45) is 0 Å². The minimum absolute atomic E-state index is 0.0763. The summed E-state index contributed by atoms with van der Waals surface area (Å²) in [5, 5.41) is 5.63. The standard InChI is InChI=1S/C14H17BrN2OS/c1-3-6-16-14(12-8-10(15)9-19-12)13-11(18-2)5-4-7-17-13/h4-5,7-9,14,16H,3,6H2,1-2H3. The van der Waals surface area contributed by atoms with Gasteiger partial charge in [-0.3, -0.25) is 4.98 Å². The summed E-state index contributed by atoms with van der Waals surface area (Å²) in [6, 6.07) is 6.05. The molecule has 2 heterocycles. The predicted molar refractivity (Wildman–Crippen MR) is 82.9 cm³/mol. The van der Waals surface area contributed by atoms with Gasteiger partial charge in [0.05, 0.1) is 13.2 Å². The van der Waals surface area contributed by atoms with E-state index >= 15 is 0 Å². The molecule has 1 unspecified atom stereocenters. The number of halogens is 1. The Balaban J connectivity index is 2.36. The fraction of sp³-hybridized carbons (Fsp3) is 0.357. The van der Waals surface area contributed by atoms with Gasteiger partial charge in [-0.25, -0.2) is 0 Å². The molecular weight excluding hydrogens is 324 g/mol. The number of methoxy groups -OCH3 is 1. The molecule has 2 aromatic rings. The van der Waals surface area contributed by atoms with Crippen molar-refractivity contribution < 1.29 is 4.74 Å². The van der Waals surface area contributed by atoms with Gasteiger partial charge in [-0.1, -0.05) is 6.92 Å². The van der Waals surface area contributed by atoms with Gasteiger partial charge in [0.1, 0.15) is 11.4 Å². The van der Waals surface area contributed by atoms with Crippen LogP contribution in [-0.2, 0) is 0 Å². The van der Waals surface area contributed by atoms with Gasteiger partial charge in [-0.2, -0.15) is 0 Å². The van der Waals surface area contributed by atoms with Crippen molar-refractivity contribution in [1.29, 1.82) is 0 Å². The first-order valence-electron chi connectivity index (χ1n) is 6.22. The summed E-state index contributed by atoms with van der Waals surface area (Å²) in [5.74, 6) is 0.820. The Morgan fingerprint density at radius 3 is 3.00 bits per heavy atom. The van der Waals surface area contributed by atoms with Crippen molar-refractivity contribution in [2.45, 2.75) is 19.4 Å². The average molecular weight is 341 g/mol. The monoisotopic (exact) mass is 340 g/mol. The molecule has 0 fully saturated rings. The molecule has 5 heteroatoms. The maximum atomic E-state index is 5.42. The van der Waals surface area contributed by atoms with Crippen molar-refractivity contribution in [2.75, 3.05) is 13.7 Å². The van der Waals surface area contributed by atoms with Crippen LogP contribution in [0.25, 0.3) is 0 Å². The van der Waals surface area contributed by atoms with E-state index < -0.39 is 0 Å². The molecular formula is C14H17BrN2OS. The minimum Gasteiger partial charge on any atom is -0.495 e. The number of nitrogens with zero attached hydrogens (tertiary/aromatic N) is 1. The second-order valence-corrected chi connectivity index (χ2v) is 6.00. The molecule has 2 rings (SSSR count). The molecule has 0 saturated carbocycles. The summed E-state index contributed by atoms with van der Waals surface area (Å²) in [7, 11) is 1.68. The molecule has 2 aromatic heterocycles. The Kier molecular flexibility index (Phi) is 5.36. The van der Waals surface area contributed by atoms with Gasteiger partial charge in [0.2, 0.25) is 0 Å². The number of nitrogens with one attached hydrogen (secondary N) is 1. The maximum absolute atomic E-state index is 5.42. The first kappa shape index (κ1) is 14.5. The Morgan fingerprint density at radius 1 is 1.53 bits per heavy atom. The lowest BCUT2D eigenvalue weighted by Crippen LogP contribution is -2.23. The Labute approximate surface area is 126 Å². The van der Waals surface area contributed by atoms with E-state index in [9.17, 15) is 0 Å². The third kappa shape index (κ3) is 3.55. The zero-order chi connectivity index (χ0) is 13.7. The van der Waals surface area contributed by atoms with Crippen molar-refractivity contribution in [1.82, 2.24) is 10.3 Å². The SMILES string of the molecule is CCCNC(c1cc(Br)cs1)c1ncccc1OC. The molecule has 0 amide bonds. The van der Waals surface area contributed by atoms with E-state index in [4.69, 9.17) is 4.74 Å². The van der Waals surface area contributed by atoms with Crippen LogP contribution in [0.2, 0.25) is 0 Å². The molecule has 0 aliphatic carbocycles. The van der Waals surface area contributed by atoms with Gasteiger partial charge in [0.15, 0.2) is 0 Å². The molecule has 0 saturated heterocycles. The molecule has 0 radical (unpaired) electrons. The smallest absolute Gasteiger partial charge is 0.142 e. The molecule has 0 aromatic carbocycles. The highest BCUT2D eigenvalue weighted by atomic mass is 79.9. The number of thiophene rings is 1. The van der Waals surface area contributed by atoms with Crippen molar-refractivity contribution in [3.63, 3.8) is 0 Å². The molecule has 0 bridgehead atoms.